The second-order valence-electron chi connectivity index (χ2n) is 9.40. The molecule has 1 rings (SSSR count). The number of carbonyl (C=O) groups is 3. The summed E-state index contributed by atoms with van der Waals surface area (Å²) in [6.07, 6.45) is 5.15. The van der Waals surface area contributed by atoms with Gasteiger partial charge in [-0.3, -0.25) is 9.59 Å². The highest BCUT2D eigenvalue weighted by molar-refractivity contribution is 7.98. The van der Waals surface area contributed by atoms with Crippen LogP contribution in [0.5, 0.6) is 0 Å². The third-order valence-electron chi connectivity index (χ3n) is 5.16. The van der Waals surface area contributed by atoms with Crippen molar-refractivity contribution in [2.45, 2.75) is 77.6 Å². The molecule has 2 N–H and O–H groups in total. The Kier molecular flexibility index (Phi) is 12.2. The average Bonchev–Trinajstić information content (AvgIpc) is 2.75. The molecular weight excluding hydrogens is 450 g/mol. The quantitative estimate of drug-likeness (QED) is 0.439. The first kappa shape index (κ1) is 29.6. The summed E-state index contributed by atoms with van der Waals surface area (Å²) in [4.78, 5) is 40.8. The zero-order chi connectivity index (χ0) is 25.9. The van der Waals surface area contributed by atoms with Crippen LogP contribution in [0.15, 0.2) is 30.8 Å². The van der Waals surface area contributed by atoms with Crippen LogP contribution >= 0.6 is 11.8 Å². The molecule has 1 aromatic rings. The van der Waals surface area contributed by atoms with Gasteiger partial charge in [-0.2, -0.15) is 11.8 Å². The highest BCUT2D eigenvalue weighted by atomic mass is 32.2. The van der Waals surface area contributed by atoms with Gasteiger partial charge in [-0.05, 0) is 69.7 Å². The van der Waals surface area contributed by atoms with Crippen LogP contribution in [0.3, 0.4) is 0 Å². The number of hydrogen-bond donors (Lipinski definition) is 2. The molecule has 3 atom stereocenters. The number of likely N-dealkylation sites (N-methyl/N-ethyl adjacent to an activating group) is 1. The fourth-order valence-corrected chi connectivity index (χ4v) is 4.02. The van der Waals surface area contributed by atoms with Crippen molar-refractivity contribution >= 4 is 35.7 Å². The average molecular weight is 492 g/mol. The first-order chi connectivity index (χ1) is 15.9. The van der Waals surface area contributed by atoms with Crippen LogP contribution in [-0.2, 0) is 14.3 Å². The smallest absolute Gasteiger partial charge is 0.408 e. The van der Waals surface area contributed by atoms with Gasteiger partial charge in [-0.25, -0.2) is 4.79 Å². The molecule has 190 valence electrons. The number of carbonyl (C=O) groups excluding carboxylic acids is 3. The van der Waals surface area contributed by atoms with Crippen molar-refractivity contribution in [2.75, 3.05) is 19.1 Å². The summed E-state index contributed by atoms with van der Waals surface area (Å²) in [5.41, 5.74) is 0.838. The molecule has 0 aromatic heterocycles. The van der Waals surface area contributed by atoms with E-state index in [1.54, 1.807) is 45.7 Å². The third-order valence-corrected chi connectivity index (χ3v) is 5.80. The number of amides is 3. The van der Waals surface area contributed by atoms with E-state index in [0.29, 0.717) is 17.7 Å². The molecule has 0 fully saturated rings. The Morgan fingerprint density at radius 2 is 1.88 bits per heavy atom. The monoisotopic (exact) mass is 491 g/mol. The lowest BCUT2D eigenvalue weighted by Crippen LogP contribution is -2.52. The van der Waals surface area contributed by atoms with Gasteiger partial charge < -0.3 is 20.3 Å². The summed E-state index contributed by atoms with van der Waals surface area (Å²) >= 11 is 1.58. The Hall–Kier alpha value is -2.48. The first-order valence-electron chi connectivity index (χ1n) is 11.7. The van der Waals surface area contributed by atoms with Crippen molar-refractivity contribution in [3.63, 3.8) is 0 Å². The third kappa shape index (κ3) is 9.79. The van der Waals surface area contributed by atoms with Crippen molar-refractivity contribution in [3.05, 3.63) is 42.0 Å². The number of thioether (sulfide) groups is 1. The Bertz CT molecular complexity index is 838. The predicted molar refractivity (Wildman–Crippen MR) is 141 cm³/mol. The molecule has 0 aliphatic heterocycles. The summed E-state index contributed by atoms with van der Waals surface area (Å²) in [5.74, 6) is 0.0437. The number of alkyl carbamates (subject to hydrolysis) is 1. The molecule has 1 aromatic carbocycles. The Labute approximate surface area is 209 Å². The summed E-state index contributed by atoms with van der Waals surface area (Å²) in [6, 6.07) is 5.69. The number of rotatable bonds is 12. The molecule has 0 radical (unpaired) electrons. The van der Waals surface area contributed by atoms with Gasteiger partial charge in [0.05, 0.1) is 0 Å². The van der Waals surface area contributed by atoms with E-state index in [4.69, 9.17) is 4.74 Å². The fraction of sp³-hybridized carbons (Fsp3) is 0.577. The lowest BCUT2D eigenvalue weighted by molar-refractivity contribution is -0.141. The largest absolute Gasteiger partial charge is 0.444 e. The van der Waals surface area contributed by atoms with Gasteiger partial charge in [0.1, 0.15) is 17.7 Å². The zero-order valence-corrected chi connectivity index (χ0v) is 22.5. The maximum absolute atomic E-state index is 13.6. The van der Waals surface area contributed by atoms with E-state index in [1.807, 2.05) is 37.4 Å². The van der Waals surface area contributed by atoms with Gasteiger partial charge in [0.2, 0.25) is 11.8 Å². The Balaban J connectivity index is 3.27. The molecular formula is C26H41N3O4S. The van der Waals surface area contributed by atoms with Gasteiger partial charge >= 0.3 is 6.09 Å². The standard InChI is InChI=1S/C26H41N3O4S/c1-9-12-18(3)27-23(30)22(20-14-11-13-19(10-2)17-20)29(7)24(31)21(15-16-34-8)28-25(32)33-26(4,5)6/h10-11,13-14,17-18,21-22H,2,9,12,15-16H2,1,3-8H3,(H,27,30)(H,28,32). The minimum absolute atomic E-state index is 0.0294. The van der Waals surface area contributed by atoms with Crippen LogP contribution in [0, 0.1) is 0 Å². The van der Waals surface area contributed by atoms with E-state index in [2.05, 4.69) is 24.1 Å². The molecule has 0 bridgehead atoms. The zero-order valence-electron chi connectivity index (χ0n) is 21.6. The van der Waals surface area contributed by atoms with Gasteiger partial charge in [-0.15, -0.1) is 0 Å². The summed E-state index contributed by atoms with van der Waals surface area (Å²) < 4.78 is 5.36. The fourth-order valence-electron chi connectivity index (χ4n) is 3.55. The van der Waals surface area contributed by atoms with Gasteiger partial charge in [-0.1, -0.05) is 44.2 Å². The summed E-state index contributed by atoms with van der Waals surface area (Å²) in [7, 11) is 1.60. The normalized spacial score (nSPS) is 13.9. The van der Waals surface area contributed by atoms with E-state index in [0.717, 1.165) is 18.4 Å². The molecule has 3 unspecified atom stereocenters. The van der Waals surface area contributed by atoms with Crippen molar-refractivity contribution in [1.82, 2.24) is 15.5 Å². The van der Waals surface area contributed by atoms with Crippen LogP contribution in [0.4, 0.5) is 4.79 Å². The Morgan fingerprint density at radius 3 is 2.44 bits per heavy atom. The highest BCUT2D eigenvalue weighted by Crippen LogP contribution is 2.24. The van der Waals surface area contributed by atoms with E-state index < -0.39 is 23.8 Å². The van der Waals surface area contributed by atoms with Crippen molar-refractivity contribution in [1.29, 1.82) is 0 Å². The maximum atomic E-state index is 13.6. The van der Waals surface area contributed by atoms with Crippen molar-refractivity contribution < 1.29 is 19.1 Å². The van der Waals surface area contributed by atoms with Gasteiger partial charge in [0.15, 0.2) is 0 Å². The SMILES string of the molecule is C=Cc1cccc(C(C(=O)NC(C)CCC)N(C)C(=O)C(CCSC)NC(=O)OC(C)(C)C)c1. The minimum atomic E-state index is -0.857. The molecule has 34 heavy (non-hydrogen) atoms. The predicted octanol–water partition coefficient (Wildman–Crippen LogP) is 4.78. The molecule has 0 saturated heterocycles. The van der Waals surface area contributed by atoms with Crippen LogP contribution in [0.2, 0.25) is 0 Å². The minimum Gasteiger partial charge on any atom is -0.444 e. The molecule has 0 saturated carbocycles. The maximum Gasteiger partial charge on any atom is 0.408 e. The van der Waals surface area contributed by atoms with E-state index >= 15 is 0 Å². The van der Waals surface area contributed by atoms with Crippen molar-refractivity contribution in [3.8, 4) is 0 Å². The lowest BCUT2D eigenvalue weighted by Gasteiger charge is -2.32. The number of nitrogens with zero attached hydrogens (tertiary/aromatic N) is 1. The van der Waals surface area contributed by atoms with E-state index in [9.17, 15) is 14.4 Å². The molecule has 0 heterocycles. The van der Waals surface area contributed by atoms with Crippen LogP contribution in [0.1, 0.15) is 71.0 Å². The van der Waals surface area contributed by atoms with Gasteiger partial charge in [0.25, 0.3) is 0 Å². The number of nitrogens with one attached hydrogen (secondary N) is 2. The number of ether oxygens (including phenoxy) is 1. The van der Waals surface area contributed by atoms with E-state index in [1.165, 1.54) is 4.90 Å². The summed E-state index contributed by atoms with van der Waals surface area (Å²) in [5, 5.41) is 5.74. The Morgan fingerprint density at radius 1 is 1.21 bits per heavy atom. The van der Waals surface area contributed by atoms with Crippen LogP contribution in [0.25, 0.3) is 6.08 Å². The first-order valence-corrected chi connectivity index (χ1v) is 13.1. The van der Waals surface area contributed by atoms with E-state index in [-0.39, 0.29) is 17.9 Å². The topological polar surface area (TPSA) is 87.7 Å². The second kappa shape index (κ2) is 14.0. The molecule has 3 amide bonds. The van der Waals surface area contributed by atoms with Crippen LogP contribution < -0.4 is 10.6 Å². The number of benzene rings is 1. The molecule has 0 aliphatic rings. The van der Waals surface area contributed by atoms with Gasteiger partial charge in [0, 0.05) is 13.1 Å². The molecule has 7 nitrogen and oxygen atoms in total. The highest BCUT2D eigenvalue weighted by Gasteiger charge is 2.34. The van der Waals surface area contributed by atoms with Crippen molar-refractivity contribution in [2.24, 2.45) is 0 Å². The second-order valence-corrected chi connectivity index (χ2v) is 10.4. The molecule has 0 aliphatic carbocycles. The summed E-state index contributed by atoms with van der Waals surface area (Å²) in [6.45, 7) is 13.1. The molecule has 8 heteroatoms. The number of hydrogen-bond acceptors (Lipinski definition) is 5. The molecule has 0 spiro atoms. The lowest BCUT2D eigenvalue weighted by atomic mass is 10.00. The van der Waals surface area contributed by atoms with Crippen LogP contribution in [-0.4, -0.2) is 59.5 Å².